The topological polar surface area (TPSA) is 72.2 Å². The summed E-state index contributed by atoms with van der Waals surface area (Å²) in [6, 6.07) is 10.3. The lowest BCUT2D eigenvalue weighted by Gasteiger charge is -2.11. The zero-order chi connectivity index (χ0) is 14.8. The number of hydrogen-bond donors (Lipinski definition) is 2. The number of nitrogens with two attached hydrogens (primary N) is 1. The smallest absolute Gasteiger partial charge is 0.241 e. The molecule has 3 N–H and O–H groups in total. The molecule has 1 atom stereocenters. The van der Waals surface area contributed by atoms with Gasteiger partial charge in [-0.1, -0.05) is 35.9 Å². The molecule has 0 fully saturated rings. The molecule has 1 unspecified atom stereocenters. The summed E-state index contributed by atoms with van der Waals surface area (Å²) in [5.74, 6) is 0. The number of rotatable bonds is 5. The first-order valence-corrected chi connectivity index (χ1v) is 8.20. The average molecular weight is 349 g/mol. The third-order valence-electron chi connectivity index (χ3n) is 3.01. The van der Waals surface area contributed by atoms with E-state index in [-0.39, 0.29) is 23.3 Å². The van der Waals surface area contributed by atoms with Crippen LogP contribution >= 0.6 is 24.0 Å². The average Bonchev–Trinajstić information content (AvgIpc) is 2.38. The van der Waals surface area contributed by atoms with Gasteiger partial charge in [0.05, 0.1) is 4.90 Å². The van der Waals surface area contributed by atoms with E-state index in [9.17, 15) is 8.42 Å². The highest BCUT2D eigenvalue weighted by atomic mass is 35.5. The Balaban J connectivity index is 0.00000220. The van der Waals surface area contributed by atoms with Crippen molar-refractivity contribution >= 4 is 44.8 Å². The standard InChI is InChI=1S/C14H17ClN2O2S.ClH/c1-10(16)8-9-17-20(18,19)14-7-6-13(15)11-4-2-3-5-12(11)14;/h2-7,10,17H,8-9,16H2,1H3;1H. The molecule has 2 aromatic carbocycles. The summed E-state index contributed by atoms with van der Waals surface area (Å²) in [5.41, 5.74) is 5.62. The summed E-state index contributed by atoms with van der Waals surface area (Å²) in [4.78, 5) is 0.238. The maximum absolute atomic E-state index is 12.3. The Hall–Kier alpha value is -0.850. The van der Waals surface area contributed by atoms with Crippen LogP contribution in [0.1, 0.15) is 13.3 Å². The van der Waals surface area contributed by atoms with E-state index < -0.39 is 10.0 Å². The summed E-state index contributed by atoms with van der Waals surface area (Å²) < 4.78 is 27.3. The third kappa shape index (κ3) is 4.31. The Morgan fingerprint density at radius 3 is 2.43 bits per heavy atom. The lowest BCUT2D eigenvalue weighted by Crippen LogP contribution is -2.29. The molecule has 0 aliphatic carbocycles. The molecule has 2 rings (SSSR count). The van der Waals surface area contributed by atoms with E-state index in [1.807, 2.05) is 13.0 Å². The van der Waals surface area contributed by atoms with Crippen LogP contribution in [0.15, 0.2) is 41.3 Å². The molecule has 0 radical (unpaired) electrons. The van der Waals surface area contributed by atoms with Crippen LogP contribution in [0.4, 0.5) is 0 Å². The van der Waals surface area contributed by atoms with Crippen LogP contribution < -0.4 is 10.5 Å². The molecule has 0 aliphatic rings. The molecule has 2 aromatic rings. The second kappa shape index (κ2) is 7.42. The Morgan fingerprint density at radius 2 is 1.81 bits per heavy atom. The van der Waals surface area contributed by atoms with Gasteiger partial charge in [-0.2, -0.15) is 0 Å². The van der Waals surface area contributed by atoms with E-state index >= 15 is 0 Å². The quantitative estimate of drug-likeness (QED) is 0.872. The van der Waals surface area contributed by atoms with Crippen molar-refractivity contribution in [3.63, 3.8) is 0 Å². The molecule has 4 nitrogen and oxygen atoms in total. The van der Waals surface area contributed by atoms with E-state index in [2.05, 4.69) is 4.72 Å². The summed E-state index contributed by atoms with van der Waals surface area (Å²) in [6.45, 7) is 2.16. The van der Waals surface area contributed by atoms with Crippen molar-refractivity contribution in [2.75, 3.05) is 6.54 Å². The number of halogens is 2. The monoisotopic (exact) mass is 348 g/mol. The van der Waals surface area contributed by atoms with Gasteiger partial charge in [0.15, 0.2) is 0 Å². The highest BCUT2D eigenvalue weighted by Crippen LogP contribution is 2.28. The molecular weight excluding hydrogens is 331 g/mol. The highest BCUT2D eigenvalue weighted by molar-refractivity contribution is 7.89. The second-order valence-electron chi connectivity index (χ2n) is 4.75. The highest BCUT2D eigenvalue weighted by Gasteiger charge is 2.17. The van der Waals surface area contributed by atoms with Crippen molar-refractivity contribution in [2.45, 2.75) is 24.3 Å². The summed E-state index contributed by atoms with van der Waals surface area (Å²) in [7, 11) is -3.56. The van der Waals surface area contributed by atoms with Crippen LogP contribution in [0.2, 0.25) is 5.02 Å². The van der Waals surface area contributed by atoms with Gasteiger partial charge < -0.3 is 5.73 Å². The fraction of sp³-hybridized carbons (Fsp3) is 0.286. The van der Waals surface area contributed by atoms with E-state index in [0.29, 0.717) is 23.4 Å². The van der Waals surface area contributed by atoms with Crippen molar-refractivity contribution < 1.29 is 8.42 Å². The van der Waals surface area contributed by atoms with E-state index in [4.69, 9.17) is 17.3 Å². The molecule has 0 spiro atoms. The molecule has 0 heterocycles. The van der Waals surface area contributed by atoms with Gasteiger partial charge in [-0.25, -0.2) is 13.1 Å². The first-order chi connectivity index (χ1) is 9.42. The van der Waals surface area contributed by atoms with Crippen LogP contribution in [0.25, 0.3) is 10.8 Å². The van der Waals surface area contributed by atoms with E-state index in [1.54, 1.807) is 24.3 Å². The molecule has 0 saturated heterocycles. The minimum absolute atomic E-state index is 0. The molecule has 0 amide bonds. The van der Waals surface area contributed by atoms with Crippen LogP contribution in [0.5, 0.6) is 0 Å². The van der Waals surface area contributed by atoms with Crippen molar-refractivity contribution in [2.24, 2.45) is 5.73 Å². The van der Waals surface area contributed by atoms with E-state index in [0.717, 1.165) is 5.39 Å². The van der Waals surface area contributed by atoms with Gasteiger partial charge in [0.2, 0.25) is 10.0 Å². The number of fused-ring (bicyclic) bond motifs is 1. The van der Waals surface area contributed by atoms with Crippen LogP contribution in [-0.4, -0.2) is 21.0 Å². The molecule has 0 aliphatic heterocycles. The maximum Gasteiger partial charge on any atom is 0.241 e. The van der Waals surface area contributed by atoms with Gasteiger partial charge in [-0.15, -0.1) is 12.4 Å². The molecule has 21 heavy (non-hydrogen) atoms. The predicted octanol–water partition coefficient (Wildman–Crippen LogP) is 2.93. The fourth-order valence-electron chi connectivity index (χ4n) is 1.97. The molecule has 116 valence electrons. The molecule has 7 heteroatoms. The van der Waals surface area contributed by atoms with Crippen LogP contribution in [0.3, 0.4) is 0 Å². The van der Waals surface area contributed by atoms with Crippen molar-refractivity contribution in [3.05, 3.63) is 41.4 Å². The van der Waals surface area contributed by atoms with Gasteiger partial charge in [0.1, 0.15) is 0 Å². The van der Waals surface area contributed by atoms with E-state index in [1.165, 1.54) is 6.07 Å². The SMILES string of the molecule is CC(N)CCNS(=O)(=O)c1ccc(Cl)c2ccccc12.Cl. The summed E-state index contributed by atoms with van der Waals surface area (Å²) in [6.07, 6.45) is 0.588. The largest absolute Gasteiger partial charge is 0.328 e. The molecule has 0 saturated carbocycles. The first-order valence-electron chi connectivity index (χ1n) is 6.34. The number of hydrogen-bond acceptors (Lipinski definition) is 3. The van der Waals surface area contributed by atoms with Gasteiger partial charge in [0.25, 0.3) is 0 Å². The normalized spacial score (nSPS) is 12.9. The Kier molecular flexibility index (Phi) is 6.43. The van der Waals surface area contributed by atoms with Crippen molar-refractivity contribution in [3.8, 4) is 0 Å². The summed E-state index contributed by atoms with van der Waals surface area (Å²) >= 11 is 6.09. The zero-order valence-electron chi connectivity index (χ0n) is 11.5. The zero-order valence-corrected chi connectivity index (χ0v) is 13.9. The number of sulfonamides is 1. The Morgan fingerprint density at radius 1 is 1.19 bits per heavy atom. The molecule has 0 aromatic heterocycles. The Bertz CT molecular complexity index is 718. The van der Waals surface area contributed by atoms with Gasteiger partial charge in [0, 0.05) is 28.4 Å². The van der Waals surface area contributed by atoms with Gasteiger partial charge in [-0.05, 0) is 25.5 Å². The lowest BCUT2D eigenvalue weighted by atomic mass is 10.1. The minimum Gasteiger partial charge on any atom is -0.328 e. The maximum atomic E-state index is 12.3. The second-order valence-corrected chi connectivity index (χ2v) is 6.90. The minimum atomic E-state index is -3.56. The number of nitrogens with one attached hydrogen (secondary N) is 1. The van der Waals surface area contributed by atoms with Crippen LogP contribution in [-0.2, 0) is 10.0 Å². The first kappa shape index (κ1) is 18.2. The third-order valence-corrected chi connectivity index (χ3v) is 4.86. The van der Waals surface area contributed by atoms with Crippen molar-refractivity contribution in [1.29, 1.82) is 0 Å². The fourth-order valence-corrected chi connectivity index (χ4v) is 3.45. The molecular formula is C14H18Cl2N2O2S. The number of benzene rings is 2. The van der Waals surface area contributed by atoms with Crippen LogP contribution in [0, 0.1) is 0 Å². The van der Waals surface area contributed by atoms with Gasteiger partial charge in [-0.3, -0.25) is 0 Å². The molecule has 0 bridgehead atoms. The Labute approximate surface area is 136 Å². The van der Waals surface area contributed by atoms with Gasteiger partial charge >= 0.3 is 0 Å². The van der Waals surface area contributed by atoms with Crippen molar-refractivity contribution in [1.82, 2.24) is 4.72 Å². The summed E-state index contributed by atoms with van der Waals surface area (Å²) in [5, 5.41) is 1.88. The predicted molar refractivity (Wildman–Crippen MR) is 89.7 cm³/mol. The lowest BCUT2D eigenvalue weighted by molar-refractivity contribution is 0.572.